The Morgan fingerprint density at radius 1 is 1.18 bits per heavy atom. The van der Waals surface area contributed by atoms with Crippen LogP contribution in [0.5, 0.6) is 0 Å². The lowest BCUT2D eigenvalue weighted by molar-refractivity contribution is -0.384. The monoisotopic (exact) mass is 465 g/mol. The number of nitro benzene ring substituents is 1. The summed E-state index contributed by atoms with van der Waals surface area (Å²) in [5.74, 6) is 0.0498. The van der Waals surface area contributed by atoms with Crippen LogP contribution in [0.1, 0.15) is 56.7 Å². The minimum atomic E-state index is -0.479. The van der Waals surface area contributed by atoms with Crippen LogP contribution >= 0.6 is 11.8 Å². The third kappa shape index (κ3) is 4.39. The summed E-state index contributed by atoms with van der Waals surface area (Å²) in [5, 5.41) is 10.5. The molecule has 8 heteroatoms. The first kappa shape index (κ1) is 23.0. The lowest BCUT2D eigenvalue weighted by Crippen LogP contribution is -2.48. The predicted molar refractivity (Wildman–Crippen MR) is 131 cm³/mol. The Morgan fingerprint density at radius 2 is 1.88 bits per heavy atom. The number of nitro groups is 1. The third-order valence-corrected chi connectivity index (χ3v) is 7.29. The van der Waals surface area contributed by atoms with Gasteiger partial charge in [-0.3, -0.25) is 24.6 Å². The predicted octanol–water partition coefficient (Wildman–Crippen LogP) is 5.94. The van der Waals surface area contributed by atoms with Gasteiger partial charge in [0.15, 0.2) is 0 Å². The van der Waals surface area contributed by atoms with Crippen molar-refractivity contribution in [2.24, 2.45) is 0 Å². The molecule has 2 heterocycles. The highest BCUT2D eigenvalue weighted by Gasteiger charge is 2.37. The molecular weight excluding hydrogens is 438 g/mol. The summed E-state index contributed by atoms with van der Waals surface area (Å²) < 4.78 is 0. The molecule has 4 rings (SSSR count). The molecular formula is C25H27N3O4S. The highest BCUT2D eigenvalue weighted by Crippen LogP contribution is 2.44. The molecule has 1 fully saturated rings. The maximum atomic E-state index is 12.9. The zero-order valence-electron chi connectivity index (χ0n) is 19.2. The van der Waals surface area contributed by atoms with Crippen LogP contribution in [-0.2, 0) is 11.3 Å². The zero-order chi connectivity index (χ0) is 23.9. The van der Waals surface area contributed by atoms with Crippen LogP contribution in [0, 0.1) is 10.1 Å². The van der Waals surface area contributed by atoms with E-state index in [1.165, 1.54) is 28.3 Å². The summed E-state index contributed by atoms with van der Waals surface area (Å²) in [7, 11) is 0. The van der Waals surface area contributed by atoms with E-state index in [-0.39, 0.29) is 28.9 Å². The van der Waals surface area contributed by atoms with E-state index in [4.69, 9.17) is 0 Å². The number of non-ortho nitro benzene ring substituents is 1. The number of anilines is 1. The van der Waals surface area contributed by atoms with Gasteiger partial charge in [-0.2, -0.15) is 0 Å². The number of imide groups is 1. The molecule has 0 radical (unpaired) electrons. The van der Waals surface area contributed by atoms with Crippen molar-refractivity contribution in [3.8, 4) is 0 Å². The minimum absolute atomic E-state index is 0.0283. The Kier molecular flexibility index (Phi) is 6.05. The molecule has 7 nitrogen and oxygen atoms in total. The molecule has 0 bridgehead atoms. The quantitative estimate of drug-likeness (QED) is 0.308. The van der Waals surface area contributed by atoms with Gasteiger partial charge in [-0.05, 0) is 79.8 Å². The molecule has 2 aromatic carbocycles. The molecule has 2 aliphatic rings. The second-order valence-corrected chi connectivity index (χ2v) is 10.2. The van der Waals surface area contributed by atoms with Gasteiger partial charge in [0.05, 0.1) is 16.4 Å². The molecule has 1 unspecified atom stereocenters. The van der Waals surface area contributed by atoms with Gasteiger partial charge in [-0.15, -0.1) is 0 Å². The van der Waals surface area contributed by atoms with Crippen molar-refractivity contribution < 1.29 is 14.5 Å². The summed E-state index contributed by atoms with van der Waals surface area (Å²) in [6.07, 6.45) is 2.83. The van der Waals surface area contributed by atoms with E-state index < -0.39 is 4.92 Å². The fourth-order valence-corrected chi connectivity index (χ4v) is 5.73. The van der Waals surface area contributed by atoms with Crippen LogP contribution in [0.2, 0.25) is 0 Å². The molecule has 0 N–H and O–H groups in total. The maximum absolute atomic E-state index is 12.9. The van der Waals surface area contributed by atoms with Crippen LogP contribution in [0.4, 0.5) is 16.2 Å². The van der Waals surface area contributed by atoms with Gasteiger partial charge in [0, 0.05) is 29.9 Å². The number of fused-ring (bicyclic) bond motifs is 1. The number of carbonyl (C=O) groups is 2. The van der Waals surface area contributed by atoms with Crippen LogP contribution in [-0.4, -0.2) is 33.1 Å². The Hall–Kier alpha value is -3.13. The second kappa shape index (κ2) is 8.67. The van der Waals surface area contributed by atoms with Crippen molar-refractivity contribution in [1.29, 1.82) is 0 Å². The minimum Gasteiger partial charge on any atom is -0.366 e. The van der Waals surface area contributed by atoms with Crippen LogP contribution in [0.25, 0.3) is 6.08 Å². The zero-order valence-corrected chi connectivity index (χ0v) is 20.0. The van der Waals surface area contributed by atoms with Gasteiger partial charge in [0.1, 0.15) is 0 Å². The van der Waals surface area contributed by atoms with Gasteiger partial charge in [0.2, 0.25) is 0 Å². The normalized spacial score (nSPS) is 21.0. The molecule has 33 heavy (non-hydrogen) atoms. The molecule has 0 spiro atoms. The largest absolute Gasteiger partial charge is 0.366 e. The lowest BCUT2D eigenvalue weighted by Gasteiger charge is -2.47. The maximum Gasteiger partial charge on any atom is 0.293 e. The first-order chi connectivity index (χ1) is 15.6. The Balaban J connectivity index is 1.56. The number of carbonyl (C=O) groups excluding carboxylic acids is 2. The number of amides is 2. The van der Waals surface area contributed by atoms with Crippen molar-refractivity contribution in [2.45, 2.75) is 52.1 Å². The van der Waals surface area contributed by atoms with E-state index in [0.29, 0.717) is 16.4 Å². The Labute approximate surface area is 197 Å². The van der Waals surface area contributed by atoms with E-state index in [0.717, 1.165) is 30.3 Å². The molecule has 2 aromatic rings. The Bertz CT molecular complexity index is 1160. The van der Waals surface area contributed by atoms with Gasteiger partial charge >= 0.3 is 0 Å². The highest BCUT2D eigenvalue weighted by atomic mass is 32.2. The molecule has 1 atom stereocenters. The van der Waals surface area contributed by atoms with E-state index in [1.54, 1.807) is 18.2 Å². The van der Waals surface area contributed by atoms with Crippen molar-refractivity contribution in [3.05, 3.63) is 74.2 Å². The molecule has 0 aromatic heterocycles. The molecule has 0 aliphatic carbocycles. The van der Waals surface area contributed by atoms with Crippen molar-refractivity contribution in [1.82, 2.24) is 4.90 Å². The smallest absolute Gasteiger partial charge is 0.293 e. The Morgan fingerprint density at radius 3 is 2.52 bits per heavy atom. The second-order valence-electron chi connectivity index (χ2n) is 9.17. The topological polar surface area (TPSA) is 83.8 Å². The van der Waals surface area contributed by atoms with Crippen molar-refractivity contribution in [2.75, 3.05) is 11.4 Å². The molecule has 172 valence electrons. The summed E-state index contributed by atoms with van der Waals surface area (Å²) in [5.41, 5.74) is 4.11. The van der Waals surface area contributed by atoms with Crippen LogP contribution < -0.4 is 4.90 Å². The van der Waals surface area contributed by atoms with Crippen molar-refractivity contribution >= 4 is 40.4 Å². The fourth-order valence-electron chi connectivity index (χ4n) is 4.89. The number of hydrogen-bond donors (Lipinski definition) is 0. The van der Waals surface area contributed by atoms with Gasteiger partial charge < -0.3 is 4.90 Å². The van der Waals surface area contributed by atoms with Crippen LogP contribution in [0.15, 0.2) is 47.4 Å². The van der Waals surface area contributed by atoms with Gasteiger partial charge in [-0.1, -0.05) is 25.1 Å². The fraction of sp³-hybridized carbons (Fsp3) is 0.360. The van der Waals surface area contributed by atoms with E-state index in [1.807, 2.05) is 6.07 Å². The lowest BCUT2D eigenvalue weighted by atomic mass is 9.79. The summed E-state index contributed by atoms with van der Waals surface area (Å²) in [4.78, 5) is 39.8. The third-order valence-electron chi connectivity index (χ3n) is 6.39. The standard InChI is InChI=1S/C25H27N3O4S/c1-5-27-21-11-8-18(12-20(21)16(2)14-25(27,3)4)13-22-23(29)26(24(30)33-22)15-17-6-9-19(10-7-17)28(31)32/h6-13,16H,5,14-15H2,1-4H3/b22-13-. The number of nitrogens with zero attached hydrogens (tertiary/aromatic N) is 3. The SMILES string of the molecule is CCN1c2ccc(/C=C3\SC(=O)N(Cc4ccc([N+](=O)[O-])cc4)C3=O)cc2C(C)CC1(C)C. The number of hydrogen-bond acceptors (Lipinski definition) is 6. The number of thioether (sulfide) groups is 1. The van der Waals surface area contributed by atoms with E-state index in [9.17, 15) is 19.7 Å². The van der Waals surface area contributed by atoms with Gasteiger partial charge in [0.25, 0.3) is 16.8 Å². The average molecular weight is 466 g/mol. The van der Waals surface area contributed by atoms with Crippen molar-refractivity contribution in [3.63, 3.8) is 0 Å². The number of benzene rings is 2. The first-order valence-corrected chi connectivity index (χ1v) is 11.8. The molecule has 1 saturated heterocycles. The molecule has 0 saturated carbocycles. The first-order valence-electron chi connectivity index (χ1n) is 11.0. The highest BCUT2D eigenvalue weighted by molar-refractivity contribution is 8.18. The molecule has 2 amide bonds. The summed E-state index contributed by atoms with van der Waals surface area (Å²) >= 11 is 0.927. The molecule has 2 aliphatic heterocycles. The average Bonchev–Trinajstić information content (AvgIpc) is 3.01. The summed E-state index contributed by atoms with van der Waals surface area (Å²) in [6, 6.07) is 12.1. The summed E-state index contributed by atoms with van der Waals surface area (Å²) in [6.45, 7) is 9.94. The van der Waals surface area contributed by atoms with Crippen LogP contribution in [0.3, 0.4) is 0 Å². The van der Waals surface area contributed by atoms with E-state index in [2.05, 4.69) is 44.7 Å². The number of rotatable bonds is 5. The van der Waals surface area contributed by atoms with E-state index >= 15 is 0 Å². The van der Waals surface area contributed by atoms with Gasteiger partial charge in [-0.25, -0.2) is 0 Å².